The van der Waals surface area contributed by atoms with E-state index in [1.54, 1.807) is 18.2 Å². The van der Waals surface area contributed by atoms with E-state index in [4.69, 9.17) is 28.9 Å². The SMILES string of the molecule is Nc1cc(F)ccc1NC(=O)c1c(Cl)cccc1Cl. The second-order valence-corrected chi connectivity index (χ2v) is 4.60. The Morgan fingerprint density at radius 3 is 2.37 bits per heavy atom. The van der Waals surface area contributed by atoms with Crippen molar-refractivity contribution in [2.24, 2.45) is 0 Å². The molecule has 98 valence electrons. The van der Waals surface area contributed by atoms with Crippen LogP contribution in [0.5, 0.6) is 0 Å². The Labute approximate surface area is 119 Å². The van der Waals surface area contributed by atoms with E-state index < -0.39 is 11.7 Å². The number of carbonyl (C=O) groups excluding carboxylic acids is 1. The molecule has 0 bridgehead atoms. The molecule has 0 aliphatic rings. The van der Waals surface area contributed by atoms with Gasteiger partial charge in [0.25, 0.3) is 5.91 Å². The molecule has 0 saturated carbocycles. The third-order valence-electron chi connectivity index (χ3n) is 2.45. The number of rotatable bonds is 2. The van der Waals surface area contributed by atoms with Crippen LogP contribution in [0.4, 0.5) is 15.8 Å². The number of hydrogen-bond acceptors (Lipinski definition) is 2. The number of nitrogens with two attached hydrogens (primary N) is 1. The predicted octanol–water partition coefficient (Wildman–Crippen LogP) is 3.97. The molecule has 2 rings (SSSR count). The van der Waals surface area contributed by atoms with Gasteiger partial charge in [0.05, 0.1) is 27.0 Å². The molecule has 1 amide bonds. The van der Waals surface area contributed by atoms with Crippen molar-refractivity contribution in [3.8, 4) is 0 Å². The van der Waals surface area contributed by atoms with Gasteiger partial charge in [-0.2, -0.15) is 0 Å². The van der Waals surface area contributed by atoms with E-state index in [-0.39, 0.29) is 21.3 Å². The Hall–Kier alpha value is -1.78. The monoisotopic (exact) mass is 298 g/mol. The maximum Gasteiger partial charge on any atom is 0.258 e. The van der Waals surface area contributed by atoms with E-state index in [9.17, 15) is 9.18 Å². The average Bonchev–Trinajstić information content (AvgIpc) is 2.32. The fourth-order valence-electron chi connectivity index (χ4n) is 1.55. The van der Waals surface area contributed by atoms with Crippen molar-refractivity contribution in [3.05, 3.63) is 57.8 Å². The van der Waals surface area contributed by atoms with E-state index >= 15 is 0 Å². The first-order valence-electron chi connectivity index (χ1n) is 5.29. The Morgan fingerprint density at radius 1 is 1.16 bits per heavy atom. The van der Waals surface area contributed by atoms with Crippen LogP contribution in [0.15, 0.2) is 36.4 Å². The van der Waals surface area contributed by atoms with Crippen molar-refractivity contribution in [2.45, 2.75) is 0 Å². The third kappa shape index (κ3) is 2.97. The van der Waals surface area contributed by atoms with Crippen LogP contribution in [0.2, 0.25) is 10.0 Å². The molecule has 0 atom stereocenters. The summed E-state index contributed by atoms with van der Waals surface area (Å²) in [6.45, 7) is 0. The highest BCUT2D eigenvalue weighted by atomic mass is 35.5. The maximum atomic E-state index is 12.9. The Kier molecular flexibility index (Phi) is 3.93. The highest BCUT2D eigenvalue weighted by Gasteiger charge is 2.15. The normalized spacial score (nSPS) is 10.3. The molecule has 19 heavy (non-hydrogen) atoms. The summed E-state index contributed by atoms with van der Waals surface area (Å²) in [6, 6.07) is 8.41. The Balaban J connectivity index is 2.31. The van der Waals surface area contributed by atoms with Crippen LogP contribution in [0.25, 0.3) is 0 Å². The predicted molar refractivity (Wildman–Crippen MR) is 75.2 cm³/mol. The lowest BCUT2D eigenvalue weighted by Crippen LogP contribution is -2.14. The maximum absolute atomic E-state index is 12.9. The van der Waals surface area contributed by atoms with Crippen molar-refractivity contribution in [1.29, 1.82) is 0 Å². The topological polar surface area (TPSA) is 55.1 Å². The van der Waals surface area contributed by atoms with Crippen molar-refractivity contribution >= 4 is 40.5 Å². The van der Waals surface area contributed by atoms with Crippen LogP contribution in [-0.2, 0) is 0 Å². The molecule has 0 heterocycles. The van der Waals surface area contributed by atoms with Gasteiger partial charge in [0.15, 0.2) is 0 Å². The number of anilines is 2. The van der Waals surface area contributed by atoms with E-state index in [0.29, 0.717) is 5.69 Å². The first-order valence-corrected chi connectivity index (χ1v) is 6.05. The van der Waals surface area contributed by atoms with E-state index in [0.717, 1.165) is 6.07 Å². The molecular formula is C13H9Cl2FN2O. The molecule has 0 aromatic heterocycles. The minimum absolute atomic E-state index is 0.122. The molecule has 0 radical (unpaired) electrons. The zero-order valence-electron chi connectivity index (χ0n) is 9.58. The molecule has 3 nitrogen and oxygen atoms in total. The Bertz CT molecular complexity index is 626. The first-order chi connectivity index (χ1) is 8.99. The van der Waals surface area contributed by atoms with Crippen LogP contribution in [-0.4, -0.2) is 5.91 Å². The van der Waals surface area contributed by atoms with Gasteiger partial charge < -0.3 is 11.1 Å². The smallest absolute Gasteiger partial charge is 0.258 e. The lowest BCUT2D eigenvalue weighted by atomic mass is 10.2. The fraction of sp³-hybridized carbons (Fsp3) is 0. The molecule has 0 fully saturated rings. The number of amides is 1. The molecular weight excluding hydrogens is 290 g/mol. The number of hydrogen-bond donors (Lipinski definition) is 2. The number of carbonyl (C=O) groups is 1. The summed E-state index contributed by atoms with van der Waals surface area (Å²) in [5, 5.41) is 2.99. The lowest BCUT2D eigenvalue weighted by Gasteiger charge is -2.10. The zero-order valence-corrected chi connectivity index (χ0v) is 11.1. The Morgan fingerprint density at radius 2 is 1.79 bits per heavy atom. The first kappa shape index (κ1) is 13.6. The van der Waals surface area contributed by atoms with E-state index in [2.05, 4.69) is 5.32 Å². The molecule has 2 aromatic carbocycles. The van der Waals surface area contributed by atoms with Crippen LogP contribution in [0.1, 0.15) is 10.4 Å². The van der Waals surface area contributed by atoms with Gasteiger partial charge in [-0.15, -0.1) is 0 Å². The molecule has 6 heteroatoms. The van der Waals surface area contributed by atoms with Gasteiger partial charge in [-0.05, 0) is 30.3 Å². The minimum atomic E-state index is -0.506. The molecule has 2 aromatic rings. The summed E-state index contributed by atoms with van der Waals surface area (Å²) in [4.78, 5) is 12.1. The van der Waals surface area contributed by atoms with E-state index in [1.165, 1.54) is 12.1 Å². The minimum Gasteiger partial charge on any atom is -0.397 e. The van der Waals surface area contributed by atoms with Crippen molar-refractivity contribution < 1.29 is 9.18 Å². The quantitative estimate of drug-likeness (QED) is 0.824. The summed E-state index contributed by atoms with van der Waals surface area (Å²) in [6.07, 6.45) is 0. The standard InChI is InChI=1S/C13H9Cl2FN2O/c14-8-2-1-3-9(15)12(8)13(19)18-11-5-4-7(16)6-10(11)17/h1-6H,17H2,(H,18,19). The summed E-state index contributed by atoms with van der Waals surface area (Å²) in [5.41, 5.74) is 6.17. The van der Waals surface area contributed by atoms with Crippen molar-refractivity contribution in [2.75, 3.05) is 11.1 Å². The van der Waals surface area contributed by atoms with Crippen LogP contribution in [0.3, 0.4) is 0 Å². The summed E-state index contributed by atoms with van der Waals surface area (Å²) in [5.74, 6) is -0.986. The van der Waals surface area contributed by atoms with Crippen LogP contribution < -0.4 is 11.1 Å². The lowest BCUT2D eigenvalue weighted by molar-refractivity contribution is 0.102. The third-order valence-corrected chi connectivity index (χ3v) is 3.08. The largest absolute Gasteiger partial charge is 0.397 e. The highest BCUT2D eigenvalue weighted by molar-refractivity contribution is 6.40. The molecule has 0 aliphatic carbocycles. The molecule has 3 N–H and O–H groups in total. The molecule has 0 aliphatic heterocycles. The van der Waals surface area contributed by atoms with E-state index in [1.807, 2.05) is 0 Å². The number of nitrogens with one attached hydrogen (secondary N) is 1. The van der Waals surface area contributed by atoms with Gasteiger partial charge in [0, 0.05) is 0 Å². The number of nitrogen functional groups attached to an aromatic ring is 1. The number of benzene rings is 2. The van der Waals surface area contributed by atoms with Gasteiger partial charge in [-0.25, -0.2) is 4.39 Å². The zero-order chi connectivity index (χ0) is 14.0. The molecule has 0 spiro atoms. The van der Waals surface area contributed by atoms with Crippen molar-refractivity contribution in [1.82, 2.24) is 0 Å². The van der Waals surface area contributed by atoms with Gasteiger partial charge in [-0.1, -0.05) is 29.3 Å². The van der Waals surface area contributed by atoms with Gasteiger partial charge in [-0.3, -0.25) is 4.79 Å². The average molecular weight is 299 g/mol. The van der Waals surface area contributed by atoms with Crippen LogP contribution >= 0.6 is 23.2 Å². The summed E-state index contributed by atoms with van der Waals surface area (Å²) < 4.78 is 12.9. The molecule has 0 unspecified atom stereocenters. The van der Waals surface area contributed by atoms with Gasteiger partial charge in [0.2, 0.25) is 0 Å². The fourth-order valence-corrected chi connectivity index (χ4v) is 2.12. The number of halogens is 3. The summed E-state index contributed by atoms with van der Waals surface area (Å²) in [7, 11) is 0. The van der Waals surface area contributed by atoms with Crippen LogP contribution in [0, 0.1) is 5.82 Å². The second kappa shape index (κ2) is 5.47. The summed E-state index contributed by atoms with van der Waals surface area (Å²) >= 11 is 11.8. The molecule has 0 saturated heterocycles. The highest BCUT2D eigenvalue weighted by Crippen LogP contribution is 2.26. The van der Waals surface area contributed by atoms with Crippen molar-refractivity contribution in [3.63, 3.8) is 0 Å². The van der Waals surface area contributed by atoms with Gasteiger partial charge in [0.1, 0.15) is 5.82 Å². The second-order valence-electron chi connectivity index (χ2n) is 3.78. The van der Waals surface area contributed by atoms with Gasteiger partial charge >= 0.3 is 0 Å².